The summed E-state index contributed by atoms with van der Waals surface area (Å²) in [5.74, 6) is -0.395. The second kappa shape index (κ2) is 6.45. The van der Waals surface area contributed by atoms with E-state index in [1.54, 1.807) is 18.2 Å². The standard InChI is InChI=1S/C14H17NO6/c1-19-8-3-4-10(20-2)9(7-8)15-13(16)11-5-6-12(21-11)14(17)18/h3-4,7,11-12H,5-6H2,1-2H3,(H,15,16)(H,17,18)/t11-,12+/m0/s1. The lowest BCUT2D eigenvalue weighted by Crippen LogP contribution is -2.30. The summed E-state index contributed by atoms with van der Waals surface area (Å²) in [6.07, 6.45) is -1.01. The van der Waals surface area contributed by atoms with Crippen LogP contribution in [0.15, 0.2) is 18.2 Å². The normalized spacial score (nSPS) is 20.9. The van der Waals surface area contributed by atoms with E-state index in [9.17, 15) is 9.59 Å². The predicted octanol–water partition coefficient (Wildman–Crippen LogP) is 1.27. The smallest absolute Gasteiger partial charge is 0.332 e. The first-order chi connectivity index (χ1) is 10.0. The molecule has 1 heterocycles. The van der Waals surface area contributed by atoms with E-state index < -0.39 is 24.1 Å². The molecule has 1 aliphatic rings. The number of hydrogen-bond donors (Lipinski definition) is 2. The van der Waals surface area contributed by atoms with Crippen molar-refractivity contribution in [1.82, 2.24) is 0 Å². The van der Waals surface area contributed by atoms with E-state index in [-0.39, 0.29) is 0 Å². The number of benzene rings is 1. The van der Waals surface area contributed by atoms with Gasteiger partial charge in [0.1, 0.15) is 17.6 Å². The summed E-state index contributed by atoms with van der Waals surface area (Å²) in [7, 11) is 3.01. The molecule has 114 valence electrons. The molecule has 0 saturated carbocycles. The van der Waals surface area contributed by atoms with Crippen LogP contribution in [0, 0.1) is 0 Å². The van der Waals surface area contributed by atoms with Crippen LogP contribution in [0.25, 0.3) is 0 Å². The van der Waals surface area contributed by atoms with Gasteiger partial charge in [0.25, 0.3) is 5.91 Å². The van der Waals surface area contributed by atoms with Gasteiger partial charge in [0.2, 0.25) is 0 Å². The summed E-state index contributed by atoms with van der Waals surface area (Å²) in [6.45, 7) is 0. The molecule has 0 aromatic heterocycles. The number of rotatable bonds is 5. The van der Waals surface area contributed by atoms with Crippen molar-refractivity contribution in [3.63, 3.8) is 0 Å². The molecule has 2 atom stereocenters. The van der Waals surface area contributed by atoms with Crippen LogP contribution < -0.4 is 14.8 Å². The summed E-state index contributed by atoms with van der Waals surface area (Å²) in [5.41, 5.74) is 0.448. The van der Waals surface area contributed by atoms with Crippen molar-refractivity contribution >= 4 is 17.6 Å². The molecule has 1 amide bonds. The number of carbonyl (C=O) groups is 2. The minimum absolute atomic E-state index is 0.322. The Balaban J connectivity index is 2.07. The van der Waals surface area contributed by atoms with Crippen LogP contribution in [0.4, 0.5) is 5.69 Å². The second-order valence-electron chi connectivity index (χ2n) is 4.58. The highest BCUT2D eigenvalue weighted by molar-refractivity contribution is 5.96. The number of carboxylic acid groups (broad SMARTS) is 1. The quantitative estimate of drug-likeness (QED) is 0.849. The van der Waals surface area contributed by atoms with Crippen molar-refractivity contribution in [2.75, 3.05) is 19.5 Å². The molecule has 7 nitrogen and oxygen atoms in total. The van der Waals surface area contributed by atoms with Gasteiger partial charge in [0.15, 0.2) is 6.10 Å². The zero-order chi connectivity index (χ0) is 15.4. The first-order valence-corrected chi connectivity index (χ1v) is 6.46. The van der Waals surface area contributed by atoms with Gasteiger partial charge in [-0.2, -0.15) is 0 Å². The monoisotopic (exact) mass is 295 g/mol. The third-order valence-electron chi connectivity index (χ3n) is 3.25. The Morgan fingerprint density at radius 1 is 1.24 bits per heavy atom. The SMILES string of the molecule is COc1ccc(OC)c(NC(=O)[C@@H]2CC[C@H](C(=O)O)O2)c1. The van der Waals surface area contributed by atoms with Crippen molar-refractivity contribution in [3.8, 4) is 11.5 Å². The maximum Gasteiger partial charge on any atom is 0.332 e. The number of amides is 1. The van der Waals surface area contributed by atoms with E-state index in [0.717, 1.165) is 0 Å². The van der Waals surface area contributed by atoms with Gasteiger partial charge >= 0.3 is 5.97 Å². The molecular formula is C14H17NO6. The van der Waals surface area contributed by atoms with Crippen LogP contribution in [0.5, 0.6) is 11.5 Å². The highest BCUT2D eigenvalue weighted by Gasteiger charge is 2.34. The van der Waals surface area contributed by atoms with Crippen LogP contribution in [0.2, 0.25) is 0 Å². The lowest BCUT2D eigenvalue weighted by Gasteiger charge is -2.15. The third kappa shape index (κ3) is 3.43. The molecule has 7 heteroatoms. The Hall–Kier alpha value is -2.28. The molecule has 1 saturated heterocycles. The minimum atomic E-state index is -1.05. The van der Waals surface area contributed by atoms with Gasteiger partial charge < -0.3 is 24.6 Å². The zero-order valence-electron chi connectivity index (χ0n) is 11.8. The highest BCUT2D eigenvalue weighted by atomic mass is 16.5. The molecule has 2 N–H and O–H groups in total. The van der Waals surface area contributed by atoms with Crippen LogP contribution in [0.3, 0.4) is 0 Å². The van der Waals surface area contributed by atoms with Gasteiger partial charge in [-0.05, 0) is 25.0 Å². The summed E-state index contributed by atoms with van der Waals surface area (Å²) >= 11 is 0. The molecule has 2 rings (SSSR count). The number of nitrogens with one attached hydrogen (secondary N) is 1. The second-order valence-corrected chi connectivity index (χ2v) is 4.58. The predicted molar refractivity (Wildman–Crippen MR) is 73.7 cm³/mol. The molecule has 0 unspecified atom stereocenters. The van der Waals surface area contributed by atoms with E-state index in [2.05, 4.69) is 5.32 Å². The van der Waals surface area contributed by atoms with Crippen molar-refractivity contribution in [1.29, 1.82) is 0 Å². The molecule has 0 spiro atoms. The molecule has 0 aliphatic carbocycles. The van der Waals surface area contributed by atoms with Crippen molar-refractivity contribution < 1.29 is 28.9 Å². The fraction of sp³-hybridized carbons (Fsp3) is 0.429. The number of anilines is 1. The van der Waals surface area contributed by atoms with Gasteiger partial charge in [-0.15, -0.1) is 0 Å². The number of aliphatic carboxylic acids is 1. The number of carbonyl (C=O) groups excluding carboxylic acids is 1. The first-order valence-electron chi connectivity index (χ1n) is 6.46. The van der Waals surface area contributed by atoms with Crippen molar-refractivity contribution in [2.24, 2.45) is 0 Å². The van der Waals surface area contributed by atoms with Crippen LogP contribution >= 0.6 is 0 Å². The van der Waals surface area contributed by atoms with Gasteiger partial charge in [-0.25, -0.2) is 4.79 Å². The van der Waals surface area contributed by atoms with E-state index in [0.29, 0.717) is 30.0 Å². The average Bonchev–Trinajstić information content (AvgIpc) is 2.97. The number of carboxylic acids is 1. The number of ether oxygens (including phenoxy) is 3. The van der Waals surface area contributed by atoms with Crippen molar-refractivity contribution in [2.45, 2.75) is 25.0 Å². The Labute approximate surface area is 121 Å². The molecule has 1 aromatic carbocycles. The molecule has 0 bridgehead atoms. The number of methoxy groups -OCH3 is 2. The molecule has 1 aliphatic heterocycles. The maximum absolute atomic E-state index is 12.1. The van der Waals surface area contributed by atoms with Gasteiger partial charge in [-0.3, -0.25) is 4.79 Å². The first kappa shape index (κ1) is 15.1. The number of hydrogen-bond acceptors (Lipinski definition) is 5. The van der Waals surface area contributed by atoms with Crippen LogP contribution in [-0.2, 0) is 14.3 Å². The Morgan fingerprint density at radius 2 is 1.95 bits per heavy atom. The van der Waals surface area contributed by atoms with E-state index in [1.807, 2.05) is 0 Å². The largest absolute Gasteiger partial charge is 0.497 e. The maximum atomic E-state index is 12.1. The fourth-order valence-corrected chi connectivity index (χ4v) is 2.14. The molecule has 1 aromatic rings. The summed E-state index contributed by atoms with van der Waals surface area (Å²) < 4.78 is 15.5. The van der Waals surface area contributed by atoms with E-state index in [1.165, 1.54) is 14.2 Å². The molecule has 21 heavy (non-hydrogen) atoms. The average molecular weight is 295 g/mol. The Morgan fingerprint density at radius 3 is 2.52 bits per heavy atom. The van der Waals surface area contributed by atoms with Crippen LogP contribution in [0.1, 0.15) is 12.8 Å². The molecular weight excluding hydrogens is 278 g/mol. The van der Waals surface area contributed by atoms with Gasteiger partial charge in [0.05, 0.1) is 19.9 Å². The topological polar surface area (TPSA) is 94.1 Å². The third-order valence-corrected chi connectivity index (χ3v) is 3.25. The lowest BCUT2D eigenvalue weighted by molar-refractivity contribution is -0.150. The Bertz CT molecular complexity index is 544. The summed E-state index contributed by atoms with van der Waals surface area (Å²) in [5, 5.41) is 11.5. The van der Waals surface area contributed by atoms with Crippen LogP contribution in [-0.4, -0.2) is 43.4 Å². The molecule has 0 radical (unpaired) electrons. The van der Waals surface area contributed by atoms with E-state index in [4.69, 9.17) is 19.3 Å². The minimum Gasteiger partial charge on any atom is -0.497 e. The van der Waals surface area contributed by atoms with Gasteiger partial charge in [0, 0.05) is 6.07 Å². The highest BCUT2D eigenvalue weighted by Crippen LogP contribution is 2.30. The summed E-state index contributed by atoms with van der Waals surface area (Å²) in [4.78, 5) is 22.9. The van der Waals surface area contributed by atoms with Gasteiger partial charge in [-0.1, -0.05) is 0 Å². The fourth-order valence-electron chi connectivity index (χ4n) is 2.14. The molecule has 1 fully saturated rings. The van der Waals surface area contributed by atoms with Crippen molar-refractivity contribution in [3.05, 3.63) is 18.2 Å². The summed E-state index contributed by atoms with van der Waals surface area (Å²) in [6, 6.07) is 5.01. The Kier molecular flexibility index (Phi) is 4.64. The zero-order valence-corrected chi connectivity index (χ0v) is 11.8. The lowest BCUT2D eigenvalue weighted by atomic mass is 10.2. The van der Waals surface area contributed by atoms with E-state index >= 15 is 0 Å².